The molecule has 1 fully saturated rings. The predicted molar refractivity (Wildman–Crippen MR) is 62.0 cm³/mol. The van der Waals surface area contributed by atoms with E-state index in [2.05, 4.69) is 0 Å². The van der Waals surface area contributed by atoms with Crippen LogP contribution in [0.1, 0.15) is 23.2 Å². The number of halogens is 3. The van der Waals surface area contributed by atoms with E-state index in [0.717, 1.165) is 0 Å². The van der Waals surface area contributed by atoms with Gasteiger partial charge in [-0.2, -0.15) is 0 Å². The van der Waals surface area contributed by atoms with E-state index in [9.17, 15) is 18.0 Å². The van der Waals surface area contributed by atoms with Gasteiger partial charge < -0.3 is 10.0 Å². The Morgan fingerprint density at radius 2 is 1.74 bits per heavy atom. The number of aliphatic hydroxyl groups excluding tert-OH is 1. The third-order valence-electron chi connectivity index (χ3n) is 3.38. The van der Waals surface area contributed by atoms with Gasteiger partial charge in [-0.05, 0) is 18.8 Å². The molecule has 1 aliphatic heterocycles. The summed E-state index contributed by atoms with van der Waals surface area (Å²) in [6.45, 7) is 0.710. The highest BCUT2D eigenvalue weighted by Crippen LogP contribution is 2.21. The van der Waals surface area contributed by atoms with E-state index in [1.807, 2.05) is 0 Å². The van der Waals surface area contributed by atoms with Crippen LogP contribution in [0.3, 0.4) is 0 Å². The molecule has 1 aliphatic rings. The number of piperidine rings is 1. The summed E-state index contributed by atoms with van der Waals surface area (Å²) < 4.78 is 39.8. The second kappa shape index (κ2) is 5.61. The van der Waals surface area contributed by atoms with Crippen LogP contribution in [-0.2, 0) is 0 Å². The molecule has 1 aromatic carbocycles. The lowest BCUT2D eigenvalue weighted by Crippen LogP contribution is -2.40. The van der Waals surface area contributed by atoms with Gasteiger partial charge in [-0.1, -0.05) is 0 Å². The summed E-state index contributed by atoms with van der Waals surface area (Å²) >= 11 is 0. The first-order valence-corrected chi connectivity index (χ1v) is 6.07. The van der Waals surface area contributed by atoms with Gasteiger partial charge in [-0.15, -0.1) is 0 Å². The summed E-state index contributed by atoms with van der Waals surface area (Å²) in [7, 11) is 0. The van der Waals surface area contributed by atoms with Crippen molar-refractivity contribution < 1.29 is 23.1 Å². The van der Waals surface area contributed by atoms with Crippen molar-refractivity contribution in [1.82, 2.24) is 4.90 Å². The Morgan fingerprint density at radius 1 is 1.21 bits per heavy atom. The Hall–Kier alpha value is -1.56. The maximum Gasteiger partial charge on any atom is 0.259 e. The highest BCUT2D eigenvalue weighted by atomic mass is 19.1. The first-order valence-electron chi connectivity index (χ1n) is 6.07. The Bertz CT molecular complexity index is 462. The third kappa shape index (κ3) is 2.89. The lowest BCUT2D eigenvalue weighted by molar-refractivity contribution is 0.0641. The second-order valence-electron chi connectivity index (χ2n) is 4.66. The van der Waals surface area contributed by atoms with Gasteiger partial charge in [0.1, 0.15) is 23.0 Å². The van der Waals surface area contributed by atoms with Gasteiger partial charge in [0.2, 0.25) is 0 Å². The zero-order valence-electron chi connectivity index (χ0n) is 10.2. The Morgan fingerprint density at radius 3 is 2.21 bits per heavy atom. The van der Waals surface area contributed by atoms with Crippen LogP contribution in [0.15, 0.2) is 12.1 Å². The quantitative estimate of drug-likeness (QED) is 0.894. The Labute approximate surface area is 108 Å². The van der Waals surface area contributed by atoms with Gasteiger partial charge in [0.15, 0.2) is 0 Å². The largest absolute Gasteiger partial charge is 0.396 e. The van der Waals surface area contributed by atoms with Gasteiger partial charge in [-0.3, -0.25) is 4.79 Å². The van der Waals surface area contributed by atoms with Crippen LogP contribution in [0.2, 0.25) is 0 Å². The van der Waals surface area contributed by atoms with Crippen LogP contribution < -0.4 is 0 Å². The third-order valence-corrected chi connectivity index (χ3v) is 3.38. The number of likely N-dealkylation sites (tertiary alicyclic amines) is 1. The van der Waals surface area contributed by atoms with Crippen molar-refractivity contribution in [1.29, 1.82) is 0 Å². The summed E-state index contributed by atoms with van der Waals surface area (Å²) in [5, 5.41) is 8.99. The van der Waals surface area contributed by atoms with E-state index in [1.54, 1.807) is 0 Å². The molecule has 0 unspecified atom stereocenters. The molecule has 1 heterocycles. The molecule has 1 N–H and O–H groups in total. The molecule has 0 bridgehead atoms. The molecule has 19 heavy (non-hydrogen) atoms. The molecule has 1 amide bonds. The lowest BCUT2D eigenvalue weighted by atomic mass is 9.97. The molecule has 6 heteroatoms. The van der Waals surface area contributed by atoms with Crippen molar-refractivity contribution in [2.45, 2.75) is 12.8 Å². The number of aliphatic hydroxyl groups is 1. The number of carbonyl (C=O) groups excluding carboxylic acids is 1. The number of carbonyl (C=O) groups is 1. The molecule has 2 rings (SSSR count). The topological polar surface area (TPSA) is 40.5 Å². The Balaban J connectivity index is 2.17. The van der Waals surface area contributed by atoms with E-state index < -0.39 is 28.9 Å². The smallest absolute Gasteiger partial charge is 0.259 e. The summed E-state index contributed by atoms with van der Waals surface area (Å²) in [5.74, 6) is -4.08. The van der Waals surface area contributed by atoms with Crippen LogP contribution in [0.4, 0.5) is 13.2 Å². The molecule has 3 nitrogen and oxygen atoms in total. The molecule has 1 aromatic rings. The minimum atomic E-state index is -1.19. The van der Waals surface area contributed by atoms with Crippen LogP contribution in [0.25, 0.3) is 0 Å². The fourth-order valence-electron chi connectivity index (χ4n) is 2.22. The fourth-order valence-corrected chi connectivity index (χ4v) is 2.22. The van der Waals surface area contributed by atoms with Crippen molar-refractivity contribution in [2.24, 2.45) is 5.92 Å². The lowest BCUT2D eigenvalue weighted by Gasteiger charge is -2.31. The van der Waals surface area contributed by atoms with Crippen LogP contribution in [0, 0.1) is 23.4 Å². The zero-order chi connectivity index (χ0) is 14.0. The summed E-state index contributed by atoms with van der Waals surface area (Å²) in [6.07, 6.45) is 1.18. The van der Waals surface area contributed by atoms with Gasteiger partial charge in [0.05, 0.1) is 0 Å². The molecule has 1 saturated heterocycles. The minimum absolute atomic E-state index is 0.0430. The molecule has 0 aliphatic carbocycles. The summed E-state index contributed by atoms with van der Waals surface area (Å²) in [5.41, 5.74) is -0.719. The van der Waals surface area contributed by atoms with E-state index in [-0.39, 0.29) is 12.5 Å². The van der Waals surface area contributed by atoms with Crippen molar-refractivity contribution in [3.63, 3.8) is 0 Å². The fraction of sp³-hybridized carbons (Fsp3) is 0.462. The molecule has 104 valence electrons. The summed E-state index contributed by atoms with van der Waals surface area (Å²) in [6, 6.07) is 0.994. The molecular formula is C13H14F3NO2. The average Bonchev–Trinajstić information content (AvgIpc) is 2.37. The van der Waals surface area contributed by atoms with Crippen molar-refractivity contribution in [3.05, 3.63) is 35.1 Å². The molecule has 0 radical (unpaired) electrons. The normalized spacial score (nSPS) is 16.7. The molecule has 0 saturated carbocycles. The van der Waals surface area contributed by atoms with Crippen molar-refractivity contribution in [2.75, 3.05) is 19.7 Å². The molecular weight excluding hydrogens is 259 g/mol. The van der Waals surface area contributed by atoms with E-state index >= 15 is 0 Å². The number of rotatable bonds is 2. The van der Waals surface area contributed by atoms with Crippen LogP contribution in [0.5, 0.6) is 0 Å². The van der Waals surface area contributed by atoms with E-state index in [1.165, 1.54) is 4.90 Å². The highest BCUT2D eigenvalue weighted by Gasteiger charge is 2.27. The number of hydrogen-bond acceptors (Lipinski definition) is 2. The van der Waals surface area contributed by atoms with Gasteiger partial charge in [0, 0.05) is 31.8 Å². The number of nitrogens with zero attached hydrogens (tertiary/aromatic N) is 1. The highest BCUT2D eigenvalue weighted by molar-refractivity contribution is 5.94. The van der Waals surface area contributed by atoms with E-state index in [0.29, 0.717) is 38.1 Å². The first-order chi connectivity index (χ1) is 9.02. The van der Waals surface area contributed by atoms with Gasteiger partial charge >= 0.3 is 0 Å². The first kappa shape index (κ1) is 13.9. The summed E-state index contributed by atoms with van der Waals surface area (Å²) in [4.78, 5) is 13.3. The number of benzene rings is 1. The van der Waals surface area contributed by atoms with Crippen molar-refractivity contribution >= 4 is 5.91 Å². The van der Waals surface area contributed by atoms with E-state index in [4.69, 9.17) is 5.11 Å². The second-order valence-corrected chi connectivity index (χ2v) is 4.66. The standard InChI is InChI=1S/C13H14F3NO2/c14-9-5-10(15)12(11(16)6-9)13(19)17-3-1-8(7-18)2-4-17/h5-6,8,18H,1-4,7H2. The minimum Gasteiger partial charge on any atom is -0.396 e. The van der Waals surface area contributed by atoms with Crippen LogP contribution >= 0.6 is 0 Å². The maximum atomic E-state index is 13.5. The van der Waals surface area contributed by atoms with Crippen LogP contribution in [-0.4, -0.2) is 35.6 Å². The number of amides is 1. The van der Waals surface area contributed by atoms with Gasteiger partial charge in [-0.25, -0.2) is 13.2 Å². The van der Waals surface area contributed by atoms with Gasteiger partial charge in [0.25, 0.3) is 5.91 Å². The molecule has 0 spiro atoms. The monoisotopic (exact) mass is 273 g/mol. The average molecular weight is 273 g/mol. The number of hydrogen-bond donors (Lipinski definition) is 1. The van der Waals surface area contributed by atoms with Crippen molar-refractivity contribution in [3.8, 4) is 0 Å². The molecule has 0 aromatic heterocycles. The molecule has 0 atom stereocenters. The zero-order valence-corrected chi connectivity index (χ0v) is 10.2. The predicted octanol–water partition coefficient (Wildman–Crippen LogP) is 1.95. The Kier molecular flexibility index (Phi) is 4.09. The SMILES string of the molecule is O=C(c1c(F)cc(F)cc1F)N1CCC(CO)CC1. The maximum absolute atomic E-state index is 13.5.